The van der Waals surface area contributed by atoms with Crippen molar-refractivity contribution in [2.75, 3.05) is 40.3 Å². The van der Waals surface area contributed by atoms with Crippen molar-refractivity contribution in [3.63, 3.8) is 0 Å². The number of carbonyl (C=O) groups excluding carboxylic acids is 2. The molecular weight excluding hydrogens is 434 g/mol. The molecule has 178 valence electrons. The highest BCUT2D eigenvalue weighted by atomic mass is 16.5. The van der Waals surface area contributed by atoms with E-state index >= 15 is 0 Å². The number of hydrogen-bond acceptors (Lipinski definition) is 5. The second-order valence-corrected chi connectivity index (χ2v) is 8.85. The van der Waals surface area contributed by atoms with Crippen molar-refractivity contribution in [2.45, 2.75) is 18.4 Å². The van der Waals surface area contributed by atoms with Gasteiger partial charge in [0.2, 0.25) is 5.91 Å². The van der Waals surface area contributed by atoms with Gasteiger partial charge in [-0.15, -0.1) is 0 Å². The summed E-state index contributed by atoms with van der Waals surface area (Å²) in [6.07, 6.45) is 1.17. The molecule has 0 aromatic heterocycles. The third kappa shape index (κ3) is 4.97. The van der Waals surface area contributed by atoms with Crippen LogP contribution in [0.2, 0.25) is 0 Å². The Kier molecular flexibility index (Phi) is 6.98. The molecule has 0 saturated heterocycles. The predicted molar refractivity (Wildman–Crippen MR) is 127 cm³/mol. The molecule has 2 amide bonds. The first-order valence-electron chi connectivity index (χ1n) is 11.3. The molecule has 34 heavy (non-hydrogen) atoms. The van der Waals surface area contributed by atoms with Gasteiger partial charge in [0, 0.05) is 31.1 Å². The SMILES string of the molecule is CN(C)CC(NC(=O)OCC1c2ccccc2-c2ccccc21)C(=O)N1CC=C(C(=O)O)CC1. The van der Waals surface area contributed by atoms with Gasteiger partial charge < -0.3 is 25.0 Å². The first-order chi connectivity index (χ1) is 16.3. The highest BCUT2D eigenvalue weighted by molar-refractivity contribution is 5.89. The number of carboxylic acid groups (broad SMARTS) is 1. The summed E-state index contributed by atoms with van der Waals surface area (Å²) >= 11 is 0. The van der Waals surface area contributed by atoms with Crippen LogP contribution in [0.25, 0.3) is 11.1 Å². The molecule has 1 atom stereocenters. The maximum atomic E-state index is 13.1. The number of nitrogens with zero attached hydrogens (tertiary/aromatic N) is 2. The Hall–Kier alpha value is -3.65. The Morgan fingerprint density at radius 1 is 1.09 bits per heavy atom. The standard InChI is InChI=1S/C26H29N3O5/c1-28(2)15-23(24(30)29-13-11-17(12-14-29)25(31)32)27-26(33)34-16-22-20-9-5-3-7-18(20)19-8-4-6-10-21(19)22/h3-11,22-23H,12-16H2,1-2H3,(H,27,33)(H,31,32). The molecule has 2 aromatic carbocycles. The minimum atomic E-state index is -0.964. The van der Waals surface area contributed by atoms with Gasteiger partial charge >= 0.3 is 12.1 Å². The molecule has 2 aliphatic rings. The molecule has 1 unspecified atom stereocenters. The number of carbonyl (C=O) groups is 3. The quantitative estimate of drug-likeness (QED) is 0.655. The van der Waals surface area contributed by atoms with Crippen molar-refractivity contribution in [3.8, 4) is 11.1 Å². The minimum absolute atomic E-state index is 0.0668. The summed E-state index contributed by atoms with van der Waals surface area (Å²) in [5.41, 5.74) is 4.83. The van der Waals surface area contributed by atoms with E-state index in [-0.39, 0.29) is 31.4 Å². The zero-order valence-electron chi connectivity index (χ0n) is 19.4. The molecule has 2 N–H and O–H groups in total. The number of carboxylic acids is 1. The van der Waals surface area contributed by atoms with Crippen LogP contribution in [-0.2, 0) is 14.3 Å². The second kappa shape index (κ2) is 10.1. The van der Waals surface area contributed by atoms with Gasteiger partial charge in [-0.1, -0.05) is 54.6 Å². The summed E-state index contributed by atoms with van der Waals surface area (Å²) < 4.78 is 5.61. The van der Waals surface area contributed by atoms with Gasteiger partial charge in [-0.05, 0) is 42.8 Å². The third-order valence-electron chi connectivity index (χ3n) is 6.28. The van der Waals surface area contributed by atoms with Crippen molar-refractivity contribution >= 4 is 18.0 Å². The van der Waals surface area contributed by atoms with Crippen LogP contribution in [-0.4, -0.2) is 79.3 Å². The van der Waals surface area contributed by atoms with Gasteiger partial charge in [0.05, 0.1) is 0 Å². The molecule has 0 fully saturated rings. The summed E-state index contributed by atoms with van der Waals surface area (Å²) in [6.45, 7) is 0.968. The smallest absolute Gasteiger partial charge is 0.407 e. The van der Waals surface area contributed by atoms with Crippen LogP contribution in [0.1, 0.15) is 23.5 Å². The second-order valence-electron chi connectivity index (χ2n) is 8.85. The number of aliphatic carboxylic acids is 1. The highest BCUT2D eigenvalue weighted by Gasteiger charge is 2.31. The Labute approximate surface area is 198 Å². The molecule has 1 heterocycles. The fourth-order valence-corrected chi connectivity index (χ4v) is 4.62. The van der Waals surface area contributed by atoms with E-state index in [0.717, 1.165) is 22.3 Å². The van der Waals surface area contributed by atoms with Crippen LogP contribution < -0.4 is 5.32 Å². The Bertz CT molecular complexity index is 1080. The largest absolute Gasteiger partial charge is 0.478 e. The number of fused-ring (bicyclic) bond motifs is 3. The van der Waals surface area contributed by atoms with E-state index in [0.29, 0.717) is 18.7 Å². The van der Waals surface area contributed by atoms with Gasteiger partial charge in [-0.3, -0.25) is 4.79 Å². The lowest BCUT2D eigenvalue weighted by molar-refractivity contribution is -0.136. The molecule has 0 bridgehead atoms. The molecular formula is C26H29N3O5. The van der Waals surface area contributed by atoms with E-state index in [1.54, 1.807) is 11.0 Å². The molecule has 1 aliphatic heterocycles. The maximum Gasteiger partial charge on any atom is 0.407 e. The molecule has 1 aliphatic carbocycles. The first-order valence-corrected chi connectivity index (χ1v) is 11.3. The van der Waals surface area contributed by atoms with Crippen molar-refractivity contribution < 1.29 is 24.2 Å². The number of rotatable bonds is 7. The lowest BCUT2D eigenvalue weighted by Crippen LogP contribution is -2.54. The summed E-state index contributed by atoms with van der Waals surface area (Å²) in [5, 5.41) is 11.8. The average molecular weight is 464 g/mol. The summed E-state index contributed by atoms with van der Waals surface area (Å²) in [4.78, 5) is 40.3. The zero-order valence-corrected chi connectivity index (χ0v) is 19.4. The first kappa shape index (κ1) is 23.5. The molecule has 0 spiro atoms. The van der Waals surface area contributed by atoms with Crippen LogP contribution in [0.5, 0.6) is 0 Å². The Morgan fingerprint density at radius 2 is 1.71 bits per heavy atom. The van der Waals surface area contributed by atoms with Crippen LogP contribution in [0.4, 0.5) is 4.79 Å². The zero-order chi connectivity index (χ0) is 24.2. The van der Waals surface area contributed by atoms with Crippen LogP contribution in [0.15, 0.2) is 60.2 Å². The lowest BCUT2D eigenvalue weighted by atomic mass is 9.98. The third-order valence-corrected chi connectivity index (χ3v) is 6.28. The molecule has 0 saturated carbocycles. The summed E-state index contributed by atoms with van der Waals surface area (Å²) in [7, 11) is 3.64. The predicted octanol–water partition coefficient (Wildman–Crippen LogP) is 2.70. The van der Waals surface area contributed by atoms with Crippen LogP contribution in [0.3, 0.4) is 0 Å². The Balaban J connectivity index is 1.41. The number of hydrogen-bond donors (Lipinski definition) is 2. The van der Waals surface area contributed by atoms with Crippen molar-refractivity contribution in [2.24, 2.45) is 0 Å². The van der Waals surface area contributed by atoms with E-state index in [1.807, 2.05) is 43.3 Å². The monoisotopic (exact) mass is 463 g/mol. The summed E-state index contributed by atoms with van der Waals surface area (Å²) in [6, 6.07) is 15.4. The van der Waals surface area contributed by atoms with E-state index in [9.17, 15) is 14.4 Å². The van der Waals surface area contributed by atoms with Crippen LogP contribution in [0, 0.1) is 0 Å². The minimum Gasteiger partial charge on any atom is -0.478 e. The van der Waals surface area contributed by atoms with Gasteiger partial charge in [0.15, 0.2) is 0 Å². The topological polar surface area (TPSA) is 99.2 Å². The van der Waals surface area contributed by atoms with Gasteiger partial charge in [-0.2, -0.15) is 0 Å². The average Bonchev–Trinajstić information content (AvgIpc) is 3.15. The van der Waals surface area contributed by atoms with Crippen molar-refractivity contribution in [1.29, 1.82) is 0 Å². The molecule has 0 radical (unpaired) electrons. The number of likely N-dealkylation sites (N-methyl/N-ethyl adjacent to an activating group) is 1. The van der Waals surface area contributed by atoms with Gasteiger partial charge in [0.1, 0.15) is 12.6 Å². The number of nitrogens with one attached hydrogen (secondary N) is 1. The van der Waals surface area contributed by atoms with E-state index in [4.69, 9.17) is 9.84 Å². The van der Waals surface area contributed by atoms with E-state index in [1.165, 1.54) is 0 Å². The number of alkyl carbamates (subject to hydrolysis) is 1. The number of ether oxygens (including phenoxy) is 1. The molecule has 2 aromatic rings. The maximum absolute atomic E-state index is 13.1. The van der Waals surface area contributed by atoms with E-state index < -0.39 is 18.1 Å². The number of amides is 2. The van der Waals surface area contributed by atoms with Gasteiger partial charge in [-0.25, -0.2) is 9.59 Å². The summed E-state index contributed by atoms with van der Waals surface area (Å²) in [5.74, 6) is -1.29. The number of benzene rings is 2. The molecule has 4 rings (SSSR count). The van der Waals surface area contributed by atoms with Crippen molar-refractivity contribution in [1.82, 2.24) is 15.1 Å². The molecule has 8 heteroatoms. The van der Waals surface area contributed by atoms with Gasteiger partial charge in [0.25, 0.3) is 0 Å². The van der Waals surface area contributed by atoms with E-state index in [2.05, 4.69) is 29.6 Å². The lowest BCUT2D eigenvalue weighted by Gasteiger charge is -2.30. The fraction of sp³-hybridized carbons (Fsp3) is 0.346. The van der Waals surface area contributed by atoms with Crippen molar-refractivity contribution in [3.05, 3.63) is 71.3 Å². The highest BCUT2D eigenvalue weighted by Crippen LogP contribution is 2.44. The fourth-order valence-electron chi connectivity index (χ4n) is 4.62. The normalized spacial score (nSPS) is 15.9. The Morgan fingerprint density at radius 3 is 2.24 bits per heavy atom. The van der Waals surface area contributed by atoms with Crippen LogP contribution >= 0.6 is 0 Å². The molecule has 8 nitrogen and oxygen atoms in total.